The molecule has 17 heavy (non-hydrogen) atoms. The number of aryl methyl sites for hydroxylation is 1. The Labute approximate surface area is 101 Å². The second-order valence-corrected chi connectivity index (χ2v) is 4.36. The fraction of sp³-hybridized carbons (Fsp3) is 0.727. The Morgan fingerprint density at radius 2 is 2.29 bits per heavy atom. The van der Waals surface area contributed by atoms with E-state index in [9.17, 15) is 9.90 Å². The van der Waals surface area contributed by atoms with E-state index < -0.39 is 0 Å². The molecule has 0 saturated heterocycles. The smallest absolute Gasteiger partial charge is 0.221 e. The molecule has 0 aromatic carbocycles. The van der Waals surface area contributed by atoms with E-state index in [4.69, 9.17) is 0 Å². The molecular formula is C11H20N4O2. The van der Waals surface area contributed by atoms with E-state index >= 15 is 0 Å². The van der Waals surface area contributed by atoms with Gasteiger partial charge in [0, 0.05) is 13.0 Å². The van der Waals surface area contributed by atoms with Crippen LogP contribution in [-0.2, 0) is 11.3 Å². The topological polar surface area (TPSA) is 80.0 Å². The predicted molar refractivity (Wildman–Crippen MR) is 63.1 cm³/mol. The van der Waals surface area contributed by atoms with Gasteiger partial charge in [0.2, 0.25) is 5.91 Å². The highest BCUT2D eigenvalue weighted by molar-refractivity contribution is 5.75. The van der Waals surface area contributed by atoms with E-state index in [1.807, 2.05) is 13.8 Å². The average Bonchev–Trinajstić information content (AvgIpc) is 2.78. The lowest BCUT2D eigenvalue weighted by Gasteiger charge is -2.14. The van der Waals surface area contributed by atoms with Crippen LogP contribution in [0.4, 0.5) is 0 Å². The third-order valence-corrected chi connectivity index (χ3v) is 2.57. The highest BCUT2D eigenvalue weighted by Crippen LogP contribution is 2.03. The Hall–Kier alpha value is -1.43. The molecule has 0 spiro atoms. The van der Waals surface area contributed by atoms with Crippen LogP contribution in [0.1, 0.15) is 26.7 Å². The number of aliphatic hydroxyl groups is 1. The van der Waals surface area contributed by atoms with Gasteiger partial charge >= 0.3 is 0 Å². The predicted octanol–water partition coefficient (Wildman–Crippen LogP) is 0.191. The summed E-state index contributed by atoms with van der Waals surface area (Å²) in [6, 6.07) is 0. The van der Waals surface area contributed by atoms with Crippen LogP contribution in [0.15, 0.2) is 12.7 Å². The molecule has 0 aliphatic carbocycles. The Kier molecular flexibility index (Phi) is 5.62. The molecule has 6 nitrogen and oxygen atoms in total. The van der Waals surface area contributed by atoms with Gasteiger partial charge in [-0.3, -0.25) is 9.48 Å². The third-order valence-electron chi connectivity index (χ3n) is 2.57. The summed E-state index contributed by atoms with van der Waals surface area (Å²) < 4.78 is 1.61. The molecule has 0 fully saturated rings. The Bertz CT molecular complexity index is 324. The van der Waals surface area contributed by atoms with E-state index in [1.54, 1.807) is 11.0 Å². The SMILES string of the molecule is CC(C)C(O)CCNC(=O)CCn1cncn1. The van der Waals surface area contributed by atoms with Crippen molar-refractivity contribution in [2.24, 2.45) is 5.92 Å². The number of hydrogen-bond acceptors (Lipinski definition) is 4. The van der Waals surface area contributed by atoms with Crippen molar-refractivity contribution in [2.45, 2.75) is 39.3 Å². The lowest BCUT2D eigenvalue weighted by atomic mass is 10.0. The Balaban J connectivity index is 2.09. The van der Waals surface area contributed by atoms with Gasteiger partial charge in [-0.25, -0.2) is 4.98 Å². The summed E-state index contributed by atoms with van der Waals surface area (Å²) in [7, 11) is 0. The van der Waals surface area contributed by atoms with Gasteiger partial charge in [-0.1, -0.05) is 13.8 Å². The number of amides is 1. The van der Waals surface area contributed by atoms with Crippen molar-refractivity contribution in [2.75, 3.05) is 6.54 Å². The molecule has 1 aromatic rings. The van der Waals surface area contributed by atoms with E-state index in [0.717, 1.165) is 0 Å². The van der Waals surface area contributed by atoms with Crippen LogP contribution in [0.3, 0.4) is 0 Å². The summed E-state index contributed by atoms with van der Waals surface area (Å²) in [6.07, 6.45) is 3.63. The van der Waals surface area contributed by atoms with E-state index in [-0.39, 0.29) is 17.9 Å². The molecule has 0 saturated carbocycles. The van der Waals surface area contributed by atoms with Crippen LogP contribution in [0.2, 0.25) is 0 Å². The number of carbonyl (C=O) groups is 1. The largest absolute Gasteiger partial charge is 0.393 e. The van der Waals surface area contributed by atoms with E-state index in [0.29, 0.717) is 25.9 Å². The van der Waals surface area contributed by atoms with Crippen LogP contribution in [-0.4, -0.2) is 38.4 Å². The van der Waals surface area contributed by atoms with Crippen LogP contribution in [0.25, 0.3) is 0 Å². The molecule has 1 aromatic heterocycles. The number of aliphatic hydroxyl groups excluding tert-OH is 1. The van der Waals surface area contributed by atoms with E-state index in [2.05, 4.69) is 15.4 Å². The number of nitrogens with zero attached hydrogens (tertiary/aromatic N) is 3. The number of rotatable bonds is 7. The summed E-state index contributed by atoms with van der Waals surface area (Å²) in [4.78, 5) is 15.2. The first-order valence-electron chi connectivity index (χ1n) is 5.86. The highest BCUT2D eigenvalue weighted by atomic mass is 16.3. The number of aromatic nitrogens is 3. The first-order chi connectivity index (χ1) is 8.09. The normalized spacial score (nSPS) is 12.7. The first kappa shape index (κ1) is 13.6. The molecule has 6 heteroatoms. The summed E-state index contributed by atoms with van der Waals surface area (Å²) >= 11 is 0. The van der Waals surface area contributed by atoms with Gasteiger partial charge in [0.25, 0.3) is 0 Å². The molecule has 96 valence electrons. The zero-order chi connectivity index (χ0) is 12.7. The van der Waals surface area contributed by atoms with Crippen molar-refractivity contribution in [1.29, 1.82) is 0 Å². The average molecular weight is 240 g/mol. The van der Waals surface area contributed by atoms with Crippen molar-refractivity contribution in [3.05, 3.63) is 12.7 Å². The molecule has 0 aliphatic rings. The molecule has 1 amide bonds. The second-order valence-electron chi connectivity index (χ2n) is 4.36. The standard InChI is InChI=1S/C11H20N4O2/c1-9(2)10(16)3-5-13-11(17)4-6-15-8-12-7-14-15/h7-10,16H,3-6H2,1-2H3,(H,13,17). The lowest BCUT2D eigenvalue weighted by molar-refractivity contribution is -0.121. The van der Waals surface area contributed by atoms with Gasteiger partial charge in [0.15, 0.2) is 0 Å². The molecule has 0 radical (unpaired) electrons. The fourth-order valence-electron chi connectivity index (χ4n) is 1.35. The minimum absolute atomic E-state index is 0.0311. The van der Waals surface area contributed by atoms with Crippen molar-refractivity contribution in [3.63, 3.8) is 0 Å². The van der Waals surface area contributed by atoms with Crippen LogP contribution >= 0.6 is 0 Å². The fourth-order valence-corrected chi connectivity index (χ4v) is 1.35. The molecular weight excluding hydrogens is 220 g/mol. The maximum atomic E-state index is 11.4. The molecule has 1 unspecified atom stereocenters. The molecule has 0 bridgehead atoms. The van der Waals surface area contributed by atoms with Crippen LogP contribution < -0.4 is 5.32 Å². The van der Waals surface area contributed by atoms with Crippen molar-refractivity contribution in [3.8, 4) is 0 Å². The molecule has 2 N–H and O–H groups in total. The van der Waals surface area contributed by atoms with Crippen molar-refractivity contribution >= 4 is 5.91 Å². The quantitative estimate of drug-likeness (QED) is 0.713. The maximum absolute atomic E-state index is 11.4. The van der Waals surface area contributed by atoms with Crippen LogP contribution in [0.5, 0.6) is 0 Å². The second kappa shape index (κ2) is 7.01. The van der Waals surface area contributed by atoms with Gasteiger partial charge < -0.3 is 10.4 Å². The Morgan fingerprint density at radius 1 is 1.53 bits per heavy atom. The van der Waals surface area contributed by atoms with Gasteiger partial charge in [-0.15, -0.1) is 0 Å². The maximum Gasteiger partial charge on any atom is 0.221 e. The van der Waals surface area contributed by atoms with Crippen molar-refractivity contribution < 1.29 is 9.90 Å². The van der Waals surface area contributed by atoms with Crippen LogP contribution in [0, 0.1) is 5.92 Å². The Morgan fingerprint density at radius 3 is 2.88 bits per heavy atom. The minimum atomic E-state index is -0.356. The molecule has 0 aliphatic heterocycles. The summed E-state index contributed by atoms with van der Waals surface area (Å²) in [5.41, 5.74) is 0. The van der Waals surface area contributed by atoms with Gasteiger partial charge in [0.05, 0.1) is 12.6 Å². The van der Waals surface area contributed by atoms with Crippen molar-refractivity contribution in [1.82, 2.24) is 20.1 Å². The zero-order valence-corrected chi connectivity index (χ0v) is 10.3. The lowest BCUT2D eigenvalue weighted by Crippen LogP contribution is -2.29. The summed E-state index contributed by atoms with van der Waals surface area (Å²) in [5, 5.41) is 16.2. The minimum Gasteiger partial charge on any atom is -0.393 e. The van der Waals surface area contributed by atoms with Gasteiger partial charge in [-0.2, -0.15) is 5.10 Å². The first-order valence-corrected chi connectivity index (χ1v) is 5.86. The molecule has 1 atom stereocenters. The third kappa shape index (κ3) is 5.44. The number of hydrogen-bond donors (Lipinski definition) is 2. The molecule has 1 rings (SSSR count). The highest BCUT2D eigenvalue weighted by Gasteiger charge is 2.09. The summed E-state index contributed by atoms with van der Waals surface area (Å²) in [5.74, 6) is 0.193. The van der Waals surface area contributed by atoms with Gasteiger partial charge in [0.1, 0.15) is 12.7 Å². The summed E-state index contributed by atoms with van der Waals surface area (Å²) in [6.45, 7) is 4.95. The molecule has 1 heterocycles. The number of carbonyl (C=O) groups excluding carboxylic acids is 1. The number of nitrogens with one attached hydrogen (secondary N) is 1. The van der Waals surface area contributed by atoms with Gasteiger partial charge in [-0.05, 0) is 12.3 Å². The monoisotopic (exact) mass is 240 g/mol. The van der Waals surface area contributed by atoms with E-state index in [1.165, 1.54) is 6.33 Å². The zero-order valence-electron chi connectivity index (χ0n) is 10.3.